The molecule has 116 valence electrons. The highest BCUT2D eigenvalue weighted by Crippen LogP contribution is 2.26. The zero-order chi connectivity index (χ0) is 16.6. The predicted octanol–water partition coefficient (Wildman–Crippen LogP) is 1.45. The molecule has 1 aliphatic heterocycles. The van der Waals surface area contributed by atoms with Crippen molar-refractivity contribution >= 4 is 23.0 Å². The second kappa shape index (κ2) is 5.53. The van der Waals surface area contributed by atoms with Gasteiger partial charge in [0.1, 0.15) is 23.3 Å². The normalized spacial score (nSPS) is 10.8. The van der Waals surface area contributed by atoms with E-state index in [1.54, 1.807) is 24.3 Å². The number of hydrogen-bond acceptors (Lipinski definition) is 5. The van der Waals surface area contributed by atoms with Crippen molar-refractivity contribution in [3.8, 4) is 11.5 Å². The Hall–Kier alpha value is -3.22. The molecular weight excluding hydrogens is 300 g/mol. The number of amides is 1. The number of likely N-dealkylation sites (N-methyl/N-ethyl adjacent to an activating group) is 1. The maximum Gasteiger partial charge on any atom is 0.323 e. The monoisotopic (exact) mass is 312 g/mol. The Morgan fingerprint density at radius 3 is 2.70 bits per heavy atom. The minimum Gasteiger partial charge on any atom is -0.480 e. The number of hydrogen-bond donors (Lipinski definition) is 1. The lowest BCUT2D eigenvalue weighted by molar-refractivity contribution is -0.137. The Bertz CT molecular complexity index is 947. The number of nitrogens with zero attached hydrogens (tertiary/aromatic N) is 2. The van der Waals surface area contributed by atoms with Crippen LogP contribution < -0.4 is 5.43 Å². The Kier molecular flexibility index (Phi) is 3.53. The topological polar surface area (TPSA) is 101 Å². The summed E-state index contributed by atoms with van der Waals surface area (Å²) < 4.78 is 5.68. The van der Waals surface area contributed by atoms with Gasteiger partial charge >= 0.3 is 5.97 Å². The van der Waals surface area contributed by atoms with Crippen LogP contribution in [0.3, 0.4) is 0 Å². The molecule has 0 bridgehead atoms. The van der Waals surface area contributed by atoms with Crippen LogP contribution >= 0.6 is 0 Å². The molecule has 1 heterocycles. The molecule has 7 heteroatoms. The first-order valence-electron chi connectivity index (χ1n) is 6.77. The highest BCUT2D eigenvalue weighted by molar-refractivity contribution is 6.00. The molecule has 0 saturated carbocycles. The molecule has 1 aliphatic carbocycles. The van der Waals surface area contributed by atoms with Gasteiger partial charge in [-0.1, -0.05) is 12.1 Å². The second-order valence-electron chi connectivity index (χ2n) is 5.02. The highest BCUT2D eigenvalue weighted by Gasteiger charge is 2.25. The summed E-state index contributed by atoms with van der Waals surface area (Å²) in [6.07, 6.45) is 0. The molecule has 0 aromatic heterocycles. The molecular formula is C16H12N2O5. The zero-order valence-corrected chi connectivity index (χ0v) is 12.1. The van der Waals surface area contributed by atoms with Crippen LogP contribution in [0.4, 0.5) is 0 Å². The lowest BCUT2D eigenvalue weighted by Crippen LogP contribution is -2.35. The van der Waals surface area contributed by atoms with E-state index in [4.69, 9.17) is 9.52 Å². The summed E-state index contributed by atoms with van der Waals surface area (Å²) in [5.41, 5.74) is 0.622. The van der Waals surface area contributed by atoms with Crippen LogP contribution in [-0.2, 0) is 4.79 Å². The average Bonchev–Trinajstić information content (AvgIpc) is 2.52. The summed E-state index contributed by atoms with van der Waals surface area (Å²) in [6, 6.07) is 9.67. The van der Waals surface area contributed by atoms with E-state index >= 15 is 0 Å². The van der Waals surface area contributed by atoms with Gasteiger partial charge in [-0.15, -0.1) is 0 Å². The fraction of sp³-hybridized carbons (Fsp3) is 0.125. The van der Waals surface area contributed by atoms with E-state index < -0.39 is 23.9 Å². The van der Waals surface area contributed by atoms with Gasteiger partial charge < -0.3 is 14.4 Å². The molecule has 1 aromatic carbocycles. The van der Waals surface area contributed by atoms with Crippen molar-refractivity contribution in [1.29, 1.82) is 0 Å². The summed E-state index contributed by atoms with van der Waals surface area (Å²) in [7, 11) is 1.31. The number of aliphatic carboxylic acids is 1. The van der Waals surface area contributed by atoms with E-state index in [9.17, 15) is 14.4 Å². The first kappa shape index (κ1) is 14.7. The number of carbonyl (C=O) groups is 2. The summed E-state index contributed by atoms with van der Waals surface area (Å²) in [4.78, 5) is 40.6. The van der Waals surface area contributed by atoms with Crippen LogP contribution in [0.1, 0.15) is 10.4 Å². The molecule has 1 amide bonds. The molecule has 2 aliphatic rings. The number of carboxylic acid groups (broad SMARTS) is 1. The molecule has 0 spiro atoms. The van der Waals surface area contributed by atoms with Gasteiger partial charge in [0.25, 0.3) is 5.91 Å². The molecule has 3 rings (SSSR count). The smallest absolute Gasteiger partial charge is 0.323 e. The Morgan fingerprint density at radius 1 is 1.22 bits per heavy atom. The highest BCUT2D eigenvalue weighted by atomic mass is 16.4. The lowest BCUT2D eigenvalue weighted by atomic mass is 10.1. The predicted molar refractivity (Wildman–Crippen MR) is 81.5 cm³/mol. The maximum absolute atomic E-state index is 12.4. The third kappa shape index (κ3) is 2.64. The van der Waals surface area contributed by atoms with Crippen LogP contribution in [0.25, 0.3) is 22.6 Å². The molecule has 0 radical (unpaired) electrons. The first-order chi connectivity index (χ1) is 11.0. The van der Waals surface area contributed by atoms with E-state index in [1.165, 1.54) is 19.2 Å². The lowest BCUT2D eigenvalue weighted by Gasteiger charge is -2.16. The zero-order valence-electron chi connectivity index (χ0n) is 12.1. The van der Waals surface area contributed by atoms with Crippen molar-refractivity contribution in [1.82, 2.24) is 9.88 Å². The first-order valence-corrected chi connectivity index (χ1v) is 6.77. The second-order valence-corrected chi connectivity index (χ2v) is 5.02. The van der Waals surface area contributed by atoms with E-state index in [0.717, 1.165) is 4.90 Å². The van der Waals surface area contributed by atoms with Crippen LogP contribution in [0.15, 0.2) is 45.6 Å². The van der Waals surface area contributed by atoms with Gasteiger partial charge in [-0.05, 0) is 24.3 Å². The SMILES string of the molecule is CN(CC(=O)O)C(=O)c1c2oc3ccccc3nc-2ccc1=O. The average molecular weight is 312 g/mol. The van der Waals surface area contributed by atoms with Gasteiger partial charge in [0, 0.05) is 7.05 Å². The molecule has 7 nitrogen and oxygen atoms in total. The summed E-state index contributed by atoms with van der Waals surface area (Å²) >= 11 is 0. The Labute approximate surface area is 130 Å². The molecule has 0 fully saturated rings. The van der Waals surface area contributed by atoms with E-state index in [2.05, 4.69) is 4.98 Å². The summed E-state index contributed by atoms with van der Waals surface area (Å²) in [5, 5.41) is 8.80. The van der Waals surface area contributed by atoms with Crippen molar-refractivity contribution in [3.05, 3.63) is 52.2 Å². The van der Waals surface area contributed by atoms with Gasteiger partial charge in [-0.25, -0.2) is 4.98 Å². The van der Waals surface area contributed by atoms with Crippen molar-refractivity contribution in [3.63, 3.8) is 0 Å². The van der Waals surface area contributed by atoms with E-state index in [1.807, 2.05) is 0 Å². The molecule has 0 atom stereocenters. The Balaban J connectivity index is 2.22. The molecule has 23 heavy (non-hydrogen) atoms. The third-order valence-corrected chi connectivity index (χ3v) is 3.35. The molecule has 1 aromatic rings. The fourth-order valence-corrected chi connectivity index (χ4v) is 2.29. The molecule has 0 saturated heterocycles. The van der Waals surface area contributed by atoms with Crippen LogP contribution in [0, 0.1) is 0 Å². The quantitative estimate of drug-likeness (QED) is 0.735. The van der Waals surface area contributed by atoms with Gasteiger partial charge in [0.2, 0.25) is 0 Å². The standard InChI is InChI=1S/C16H12N2O5/c1-18(8-13(20)21)16(22)14-11(19)7-6-10-15(14)23-12-5-3-2-4-9(12)17-10/h2-7H,8H2,1H3,(H,20,21). The van der Waals surface area contributed by atoms with Crippen molar-refractivity contribution in [2.24, 2.45) is 0 Å². The number of rotatable bonds is 3. The van der Waals surface area contributed by atoms with Gasteiger partial charge in [0.15, 0.2) is 16.8 Å². The van der Waals surface area contributed by atoms with Crippen LogP contribution in [0.2, 0.25) is 0 Å². The summed E-state index contributed by atoms with van der Waals surface area (Å²) in [6.45, 7) is -0.518. The van der Waals surface area contributed by atoms with Crippen molar-refractivity contribution in [2.75, 3.05) is 13.6 Å². The Morgan fingerprint density at radius 2 is 1.96 bits per heavy atom. The van der Waals surface area contributed by atoms with Gasteiger partial charge in [0.05, 0.1) is 0 Å². The third-order valence-electron chi connectivity index (χ3n) is 3.35. The summed E-state index contributed by atoms with van der Waals surface area (Å²) in [5.74, 6) is -1.84. The van der Waals surface area contributed by atoms with E-state index in [-0.39, 0.29) is 11.3 Å². The minimum absolute atomic E-state index is 0.0541. The number of carbonyl (C=O) groups excluding carboxylic acids is 1. The maximum atomic E-state index is 12.4. The van der Waals surface area contributed by atoms with Crippen LogP contribution in [0.5, 0.6) is 0 Å². The number of para-hydroxylation sites is 2. The molecule has 0 unspecified atom stereocenters. The van der Waals surface area contributed by atoms with Gasteiger partial charge in [-0.2, -0.15) is 0 Å². The number of benzene rings is 2. The fourth-order valence-electron chi connectivity index (χ4n) is 2.29. The van der Waals surface area contributed by atoms with Crippen LogP contribution in [-0.4, -0.2) is 40.5 Å². The number of fused-ring (bicyclic) bond motifs is 2. The van der Waals surface area contributed by atoms with Crippen molar-refractivity contribution < 1.29 is 19.1 Å². The van der Waals surface area contributed by atoms with Gasteiger partial charge in [-0.3, -0.25) is 14.4 Å². The minimum atomic E-state index is -1.17. The number of aromatic nitrogens is 1. The number of carboxylic acids is 1. The van der Waals surface area contributed by atoms with E-state index in [0.29, 0.717) is 16.8 Å². The largest absolute Gasteiger partial charge is 0.480 e. The van der Waals surface area contributed by atoms with Crippen molar-refractivity contribution in [2.45, 2.75) is 0 Å². The molecule has 1 N–H and O–H groups in total.